The van der Waals surface area contributed by atoms with Gasteiger partial charge in [0.25, 0.3) is 0 Å². The molecule has 0 radical (unpaired) electrons. The van der Waals surface area contributed by atoms with Crippen LogP contribution in [0.4, 0.5) is 9.18 Å². The maximum atomic E-state index is 9.92. The van der Waals surface area contributed by atoms with Gasteiger partial charge in [0.15, 0.2) is 0 Å². The van der Waals surface area contributed by atoms with Gasteiger partial charge in [0.05, 0.1) is 0 Å². The SMILES string of the molecule is CCCC.O=C(O)F. The lowest BCUT2D eigenvalue weighted by atomic mass is 10.4. The molecule has 0 atom stereocenters. The smallest absolute Gasteiger partial charge is 0.456 e. The van der Waals surface area contributed by atoms with Gasteiger partial charge in [0.1, 0.15) is 0 Å². The van der Waals surface area contributed by atoms with E-state index in [2.05, 4.69) is 13.8 Å². The average Bonchev–Trinajstić information content (AvgIpc) is 1.65. The number of rotatable bonds is 1. The van der Waals surface area contributed by atoms with Crippen molar-refractivity contribution in [1.29, 1.82) is 0 Å². The summed E-state index contributed by atoms with van der Waals surface area (Å²) >= 11 is 0. The number of carboxylic acid groups (broad SMARTS) is 1. The topological polar surface area (TPSA) is 37.3 Å². The second-order valence-corrected chi connectivity index (χ2v) is 1.25. The molecule has 0 saturated heterocycles. The fraction of sp³-hybridized carbons (Fsp3) is 0.800. The van der Waals surface area contributed by atoms with Crippen LogP contribution >= 0.6 is 0 Å². The summed E-state index contributed by atoms with van der Waals surface area (Å²) in [5.41, 5.74) is 0. The number of hydrogen-bond donors (Lipinski definition) is 1. The lowest BCUT2D eigenvalue weighted by Crippen LogP contribution is -1.69. The van der Waals surface area contributed by atoms with Crippen LogP contribution in [0.25, 0.3) is 0 Å². The second-order valence-electron chi connectivity index (χ2n) is 1.25. The first kappa shape index (κ1) is 10.4. The largest absolute Gasteiger partial charge is 0.492 e. The minimum absolute atomic E-state index is 1.32. The molecule has 0 rings (SSSR count). The van der Waals surface area contributed by atoms with Gasteiger partial charge in [-0.2, -0.15) is 0 Å². The molecule has 8 heavy (non-hydrogen) atoms. The van der Waals surface area contributed by atoms with E-state index in [9.17, 15) is 4.39 Å². The molecular weight excluding hydrogens is 111 g/mol. The van der Waals surface area contributed by atoms with E-state index >= 15 is 0 Å². The van der Waals surface area contributed by atoms with Crippen LogP contribution in [0.2, 0.25) is 0 Å². The van der Waals surface area contributed by atoms with Crippen LogP contribution in [-0.4, -0.2) is 11.3 Å². The Labute approximate surface area is 48.3 Å². The third-order valence-corrected chi connectivity index (χ3v) is 0.500. The first-order chi connectivity index (χ1) is 3.65. The van der Waals surface area contributed by atoms with Crippen LogP contribution in [0, 0.1) is 0 Å². The quantitative estimate of drug-likeness (QED) is 0.542. The zero-order valence-corrected chi connectivity index (χ0v) is 5.15. The van der Waals surface area contributed by atoms with Crippen LogP contribution in [0.3, 0.4) is 0 Å². The molecule has 0 aromatic rings. The third-order valence-electron chi connectivity index (χ3n) is 0.500. The van der Waals surface area contributed by atoms with Gasteiger partial charge in [0, 0.05) is 0 Å². The molecule has 0 aromatic carbocycles. The Balaban J connectivity index is 0. The van der Waals surface area contributed by atoms with E-state index in [0.29, 0.717) is 0 Å². The standard InChI is InChI=1S/C4H10.CHFO2/c1-3-4-2;2-1(3)4/h3-4H2,1-2H3;(H,3,4). The minimum Gasteiger partial charge on any atom is -0.456 e. The molecule has 1 N–H and O–H groups in total. The summed E-state index contributed by atoms with van der Waals surface area (Å²) in [6.07, 6.45) is 0.306. The monoisotopic (exact) mass is 122 g/mol. The van der Waals surface area contributed by atoms with Gasteiger partial charge in [0.2, 0.25) is 0 Å². The van der Waals surface area contributed by atoms with E-state index in [0.717, 1.165) is 0 Å². The number of carbonyl (C=O) groups is 1. The molecule has 0 heterocycles. The Morgan fingerprint density at radius 1 is 1.50 bits per heavy atom. The Bertz CT molecular complexity index is 48.4. The van der Waals surface area contributed by atoms with Crippen LogP contribution in [0.5, 0.6) is 0 Å². The molecule has 0 aromatic heterocycles. The van der Waals surface area contributed by atoms with E-state index in [4.69, 9.17) is 9.90 Å². The predicted octanol–water partition coefficient (Wildman–Crippen LogP) is 2.44. The van der Waals surface area contributed by atoms with Crippen LogP contribution in [-0.2, 0) is 0 Å². The Morgan fingerprint density at radius 3 is 1.62 bits per heavy atom. The molecule has 0 aliphatic heterocycles. The number of halogens is 1. The van der Waals surface area contributed by atoms with E-state index in [1.165, 1.54) is 12.8 Å². The van der Waals surface area contributed by atoms with Gasteiger partial charge in [-0.05, 0) is 0 Å². The summed E-state index contributed by atoms with van der Waals surface area (Å²) in [6, 6.07) is 0. The van der Waals surface area contributed by atoms with Gasteiger partial charge in [-0.15, -0.1) is 4.39 Å². The molecule has 0 saturated carbocycles. The Morgan fingerprint density at radius 2 is 1.62 bits per heavy atom. The van der Waals surface area contributed by atoms with Crippen molar-refractivity contribution in [3.05, 3.63) is 0 Å². The maximum Gasteiger partial charge on any atom is 0.492 e. The zero-order valence-electron chi connectivity index (χ0n) is 5.15. The van der Waals surface area contributed by atoms with Crippen molar-refractivity contribution in [2.24, 2.45) is 0 Å². The Hall–Kier alpha value is -0.600. The summed E-state index contributed by atoms with van der Waals surface area (Å²) in [4.78, 5) is 8.33. The lowest BCUT2D eigenvalue weighted by molar-refractivity contribution is 0.169. The molecule has 0 aliphatic carbocycles. The van der Waals surface area contributed by atoms with E-state index in [1.54, 1.807) is 0 Å². The van der Waals surface area contributed by atoms with Crippen molar-refractivity contribution in [2.75, 3.05) is 0 Å². The van der Waals surface area contributed by atoms with Crippen molar-refractivity contribution in [3.8, 4) is 0 Å². The number of unbranched alkanes of at least 4 members (excludes halogenated alkanes) is 1. The van der Waals surface area contributed by atoms with Crippen molar-refractivity contribution < 1.29 is 14.3 Å². The summed E-state index contributed by atoms with van der Waals surface area (Å²) in [7, 11) is 0. The fourth-order valence-electron chi connectivity index (χ4n) is 0. The van der Waals surface area contributed by atoms with E-state index < -0.39 is 6.22 Å². The minimum atomic E-state index is -2.33. The zero-order chi connectivity index (χ0) is 6.99. The lowest BCUT2D eigenvalue weighted by Gasteiger charge is -1.68. The molecule has 50 valence electrons. The van der Waals surface area contributed by atoms with Crippen molar-refractivity contribution in [1.82, 2.24) is 0 Å². The van der Waals surface area contributed by atoms with Crippen molar-refractivity contribution in [2.45, 2.75) is 26.7 Å². The van der Waals surface area contributed by atoms with Crippen LogP contribution in [0.1, 0.15) is 26.7 Å². The van der Waals surface area contributed by atoms with Crippen molar-refractivity contribution in [3.63, 3.8) is 0 Å². The van der Waals surface area contributed by atoms with Gasteiger partial charge >= 0.3 is 6.22 Å². The molecule has 0 unspecified atom stereocenters. The summed E-state index contributed by atoms with van der Waals surface area (Å²) < 4.78 is 9.92. The van der Waals surface area contributed by atoms with Gasteiger partial charge in [-0.25, -0.2) is 4.79 Å². The average molecular weight is 122 g/mol. The van der Waals surface area contributed by atoms with E-state index in [-0.39, 0.29) is 0 Å². The molecule has 0 spiro atoms. The number of hydrogen-bond acceptors (Lipinski definition) is 1. The summed E-state index contributed by atoms with van der Waals surface area (Å²) in [5, 5.41) is 6.75. The summed E-state index contributed by atoms with van der Waals surface area (Å²) in [6.45, 7) is 4.36. The molecule has 3 heteroatoms. The van der Waals surface area contributed by atoms with E-state index in [1.807, 2.05) is 0 Å². The molecule has 0 amide bonds. The highest BCUT2D eigenvalue weighted by Gasteiger charge is 1.74. The highest BCUT2D eigenvalue weighted by Crippen LogP contribution is 1.76. The summed E-state index contributed by atoms with van der Waals surface area (Å²) in [5.74, 6) is 0. The molecule has 0 fully saturated rings. The molecule has 2 nitrogen and oxygen atoms in total. The van der Waals surface area contributed by atoms with Gasteiger partial charge in [-0.3, -0.25) is 0 Å². The first-order valence-corrected chi connectivity index (χ1v) is 2.53. The third kappa shape index (κ3) is 653. The normalized spacial score (nSPS) is 6.88. The van der Waals surface area contributed by atoms with Gasteiger partial charge < -0.3 is 5.11 Å². The second kappa shape index (κ2) is 9.64. The fourth-order valence-corrected chi connectivity index (χ4v) is 0. The first-order valence-electron chi connectivity index (χ1n) is 2.53. The van der Waals surface area contributed by atoms with Crippen LogP contribution in [0.15, 0.2) is 0 Å². The maximum absolute atomic E-state index is 9.92. The predicted molar refractivity (Wildman–Crippen MR) is 29.7 cm³/mol. The van der Waals surface area contributed by atoms with Crippen molar-refractivity contribution >= 4 is 6.22 Å². The molecule has 0 aliphatic rings. The van der Waals surface area contributed by atoms with Gasteiger partial charge in [-0.1, -0.05) is 26.7 Å². The van der Waals surface area contributed by atoms with Crippen LogP contribution < -0.4 is 0 Å². The molecular formula is C5H11FO2. The Kier molecular flexibility index (Phi) is 12.5. The highest BCUT2D eigenvalue weighted by molar-refractivity contribution is 5.54. The highest BCUT2D eigenvalue weighted by atomic mass is 19.1. The molecule has 0 bridgehead atoms.